The van der Waals surface area contributed by atoms with Crippen LogP contribution in [0.2, 0.25) is 0 Å². The van der Waals surface area contributed by atoms with E-state index in [1.165, 1.54) is 0 Å². The molecule has 0 bridgehead atoms. The predicted molar refractivity (Wildman–Crippen MR) is 84.0 cm³/mol. The zero-order chi connectivity index (χ0) is 15.7. The predicted octanol–water partition coefficient (Wildman–Crippen LogP) is 2.57. The van der Waals surface area contributed by atoms with Gasteiger partial charge in [-0.3, -0.25) is 9.59 Å². The van der Waals surface area contributed by atoms with Crippen molar-refractivity contribution in [1.82, 2.24) is 5.32 Å². The number of rotatable bonds is 2. The van der Waals surface area contributed by atoms with Crippen LogP contribution in [0.3, 0.4) is 0 Å². The number of benzene rings is 2. The SMILES string of the molecule is CNC(=O)c1ccc(C=C2Cc3c(O)cccc3C2=O)cc1. The van der Waals surface area contributed by atoms with Gasteiger partial charge < -0.3 is 10.4 Å². The number of Topliss-reactive ketones (excluding diaryl/α,β-unsaturated/α-hetero) is 1. The van der Waals surface area contributed by atoms with Crippen molar-refractivity contribution in [2.75, 3.05) is 7.05 Å². The van der Waals surface area contributed by atoms with Crippen LogP contribution in [0.4, 0.5) is 0 Å². The highest BCUT2D eigenvalue weighted by Crippen LogP contribution is 2.33. The Hall–Kier alpha value is -2.88. The Balaban J connectivity index is 1.90. The normalized spacial score (nSPS) is 15.0. The van der Waals surface area contributed by atoms with E-state index < -0.39 is 0 Å². The van der Waals surface area contributed by atoms with E-state index in [0.29, 0.717) is 28.7 Å². The van der Waals surface area contributed by atoms with Gasteiger partial charge in [0.1, 0.15) is 5.75 Å². The number of carbonyl (C=O) groups is 2. The second-order valence-corrected chi connectivity index (χ2v) is 5.18. The summed E-state index contributed by atoms with van der Waals surface area (Å²) >= 11 is 0. The highest BCUT2D eigenvalue weighted by molar-refractivity contribution is 6.16. The molecule has 0 radical (unpaired) electrons. The molecule has 0 unspecified atom stereocenters. The van der Waals surface area contributed by atoms with Crippen molar-refractivity contribution in [2.45, 2.75) is 6.42 Å². The molecule has 0 fully saturated rings. The minimum Gasteiger partial charge on any atom is -0.508 e. The van der Waals surface area contributed by atoms with Crippen LogP contribution in [-0.2, 0) is 6.42 Å². The number of aromatic hydroxyl groups is 1. The Labute approximate surface area is 128 Å². The number of hydrogen-bond acceptors (Lipinski definition) is 3. The first-order valence-corrected chi connectivity index (χ1v) is 6.98. The van der Waals surface area contributed by atoms with Crippen LogP contribution in [0, 0.1) is 0 Å². The number of phenolic OH excluding ortho intramolecular Hbond substituents is 1. The van der Waals surface area contributed by atoms with Crippen molar-refractivity contribution >= 4 is 17.8 Å². The van der Waals surface area contributed by atoms with Gasteiger partial charge in [0.2, 0.25) is 0 Å². The molecule has 4 nitrogen and oxygen atoms in total. The van der Waals surface area contributed by atoms with Crippen molar-refractivity contribution in [2.24, 2.45) is 0 Å². The van der Waals surface area contributed by atoms with Crippen LogP contribution in [0.25, 0.3) is 6.08 Å². The first-order valence-electron chi connectivity index (χ1n) is 6.98. The van der Waals surface area contributed by atoms with Crippen LogP contribution in [0.5, 0.6) is 5.75 Å². The Morgan fingerprint density at radius 2 is 1.91 bits per heavy atom. The molecule has 1 aliphatic carbocycles. The van der Waals surface area contributed by atoms with Gasteiger partial charge in [0.25, 0.3) is 5.91 Å². The molecule has 1 amide bonds. The van der Waals surface area contributed by atoms with Crippen molar-refractivity contribution < 1.29 is 14.7 Å². The first kappa shape index (κ1) is 14.1. The maximum atomic E-state index is 12.3. The summed E-state index contributed by atoms with van der Waals surface area (Å²) in [7, 11) is 1.58. The molecule has 2 aromatic carbocycles. The van der Waals surface area contributed by atoms with Crippen molar-refractivity contribution in [1.29, 1.82) is 0 Å². The third-order valence-electron chi connectivity index (χ3n) is 3.80. The number of nitrogens with one attached hydrogen (secondary N) is 1. The van der Waals surface area contributed by atoms with Gasteiger partial charge in [-0.2, -0.15) is 0 Å². The van der Waals surface area contributed by atoms with E-state index in [-0.39, 0.29) is 17.4 Å². The molecule has 0 aliphatic heterocycles. The Bertz CT molecular complexity index is 788. The molecule has 0 aromatic heterocycles. The number of allylic oxidation sites excluding steroid dienone is 1. The summed E-state index contributed by atoms with van der Waals surface area (Å²) in [5.74, 6) is -0.0426. The lowest BCUT2D eigenvalue weighted by Crippen LogP contribution is -2.17. The molecule has 2 N–H and O–H groups in total. The van der Waals surface area contributed by atoms with Gasteiger partial charge in [0.15, 0.2) is 5.78 Å². The molecule has 0 atom stereocenters. The molecule has 0 heterocycles. The van der Waals surface area contributed by atoms with Gasteiger partial charge >= 0.3 is 0 Å². The lowest BCUT2D eigenvalue weighted by atomic mass is 10.1. The number of ketones is 1. The number of phenols is 1. The number of hydrogen-bond donors (Lipinski definition) is 2. The summed E-state index contributed by atoms with van der Waals surface area (Å²) in [4.78, 5) is 23.8. The summed E-state index contributed by atoms with van der Waals surface area (Å²) in [6, 6.07) is 12.0. The average Bonchev–Trinajstić information content (AvgIpc) is 2.85. The molecule has 1 aliphatic rings. The lowest BCUT2D eigenvalue weighted by Gasteiger charge is -2.01. The molecule has 2 aromatic rings. The van der Waals surface area contributed by atoms with Crippen LogP contribution in [0.1, 0.15) is 31.8 Å². The largest absolute Gasteiger partial charge is 0.508 e. The second-order valence-electron chi connectivity index (χ2n) is 5.18. The van der Waals surface area contributed by atoms with E-state index in [9.17, 15) is 14.7 Å². The van der Waals surface area contributed by atoms with Crippen LogP contribution in [0.15, 0.2) is 48.0 Å². The average molecular weight is 293 g/mol. The Kier molecular flexibility index (Phi) is 3.51. The maximum absolute atomic E-state index is 12.3. The summed E-state index contributed by atoms with van der Waals surface area (Å²) < 4.78 is 0. The Morgan fingerprint density at radius 1 is 1.18 bits per heavy atom. The molecule has 0 saturated heterocycles. The zero-order valence-electron chi connectivity index (χ0n) is 12.1. The number of fused-ring (bicyclic) bond motifs is 1. The summed E-state index contributed by atoms with van der Waals surface area (Å²) in [5.41, 5.74) is 3.31. The third kappa shape index (κ3) is 2.39. The molecule has 22 heavy (non-hydrogen) atoms. The van der Waals surface area contributed by atoms with Gasteiger partial charge in [0, 0.05) is 35.7 Å². The topological polar surface area (TPSA) is 66.4 Å². The van der Waals surface area contributed by atoms with Gasteiger partial charge in [-0.15, -0.1) is 0 Å². The van der Waals surface area contributed by atoms with Crippen molar-refractivity contribution in [3.8, 4) is 5.75 Å². The van der Waals surface area contributed by atoms with Gasteiger partial charge in [0.05, 0.1) is 0 Å². The van der Waals surface area contributed by atoms with E-state index >= 15 is 0 Å². The summed E-state index contributed by atoms with van der Waals surface area (Å²) in [6.07, 6.45) is 2.23. The van der Waals surface area contributed by atoms with Crippen molar-refractivity contribution in [3.05, 3.63) is 70.3 Å². The maximum Gasteiger partial charge on any atom is 0.251 e. The minimum absolute atomic E-state index is 0.0544. The zero-order valence-corrected chi connectivity index (χ0v) is 12.1. The molecular weight excluding hydrogens is 278 g/mol. The monoisotopic (exact) mass is 293 g/mol. The van der Waals surface area contributed by atoms with Crippen LogP contribution < -0.4 is 5.32 Å². The van der Waals surface area contributed by atoms with E-state index in [4.69, 9.17) is 0 Å². The molecule has 0 spiro atoms. The number of amides is 1. The van der Waals surface area contributed by atoms with Crippen molar-refractivity contribution in [3.63, 3.8) is 0 Å². The van der Waals surface area contributed by atoms with Crippen LogP contribution in [-0.4, -0.2) is 23.8 Å². The third-order valence-corrected chi connectivity index (χ3v) is 3.80. The van der Waals surface area contributed by atoms with Crippen LogP contribution >= 0.6 is 0 Å². The van der Waals surface area contributed by atoms with Gasteiger partial charge in [-0.25, -0.2) is 0 Å². The highest BCUT2D eigenvalue weighted by Gasteiger charge is 2.26. The standard InChI is InChI=1S/C18H15NO3/c1-19-18(22)12-7-5-11(6-8-12)9-13-10-15-14(17(13)21)3-2-4-16(15)20/h2-9,20H,10H2,1H3,(H,19,22). The fraction of sp³-hybridized carbons (Fsp3) is 0.111. The van der Waals surface area contributed by atoms with Gasteiger partial charge in [-0.05, 0) is 29.8 Å². The molecular formula is C18H15NO3. The summed E-state index contributed by atoms with van der Waals surface area (Å²) in [6.45, 7) is 0. The second kappa shape index (κ2) is 5.48. The molecule has 3 rings (SSSR count). The number of carbonyl (C=O) groups excluding carboxylic acids is 2. The highest BCUT2D eigenvalue weighted by atomic mass is 16.3. The minimum atomic E-state index is -0.145. The van der Waals surface area contributed by atoms with E-state index in [1.54, 1.807) is 55.6 Å². The molecule has 110 valence electrons. The fourth-order valence-corrected chi connectivity index (χ4v) is 2.61. The summed E-state index contributed by atoms with van der Waals surface area (Å²) in [5, 5.41) is 12.4. The quantitative estimate of drug-likeness (QED) is 0.836. The van der Waals surface area contributed by atoms with E-state index in [0.717, 1.165) is 5.56 Å². The lowest BCUT2D eigenvalue weighted by molar-refractivity contribution is 0.0962. The fourth-order valence-electron chi connectivity index (χ4n) is 2.61. The van der Waals surface area contributed by atoms with E-state index in [2.05, 4.69) is 5.32 Å². The first-order chi connectivity index (χ1) is 10.6. The molecule has 0 saturated carbocycles. The smallest absolute Gasteiger partial charge is 0.251 e. The molecule has 4 heteroatoms. The van der Waals surface area contributed by atoms with E-state index in [1.807, 2.05) is 0 Å². The Morgan fingerprint density at radius 3 is 2.55 bits per heavy atom. The van der Waals surface area contributed by atoms with Gasteiger partial charge in [-0.1, -0.05) is 24.3 Å².